The van der Waals surface area contributed by atoms with Crippen LogP contribution in [-0.2, 0) is 16.4 Å². The molecule has 0 unspecified atom stereocenters. The van der Waals surface area contributed by atoms with Gasteiger partial charge in [0, 0.05) is 25.7 Å². The molecule has 1 aromatic carbocycles. The molecule has 1 fully saturated rings. The van der Waals surface area contributed by atoms with Gasteiger partial charge in [0.15, 0.2) is 26.5 Å². The molecule has 2 heterocycles. The minimum atomic E-state index is -3.46. The van der Waals surface area contributed by atoms with Gasteiger partial charge in [-0.3, -0.25) is 4.90 Å². The molecule has 0 aliphatic carbocycles. The maximum absolute atomic E-state index is 13.4. The van der Waals surface area contributed by atoms with Crippen molar-refractivity contribution in [3.8, 4) is 0 Å². The van der Waals surface area contributed by atoms with E-state index in [1.54, 1.807) is 45.2 Å². The van der Waals surface area contributed by atoms with Crippen molar-refractivity contribution in [2.45, 2.75) is 56.0 Å². The molecule has 3 rings (SSSR count). The Morgan fingerprint density at radius 3 is 2.34 bits per heavy atom. The van der Waals surface area contributed by atoms with Crippen molar-refractivity contribution < 1.29 is 17.2 Å². The average Bonchev–Trinajstić information content (AvgIpc) is 2.66. The van der Waals surface area contributed by atoms with Gasteiger partial charge in [-0.15, -0.1) is 0 Å². The molecule has 158 valence electrons. The van der Waals surface area contributed by atoms with Gasteiger partial charge in [0.25, 0.3) is 0 Å². The summed E-state index contributed by atoms with van der Waals surface area (Å²) in [5, 5.41) is 3.49. The molecule has 1 N–H and O–H groups in total. The summed E-state index contributed by atoms with van der Waals surface area (Å²) in [6, 6.07) is 7.57. The van der Waals surface area contributed by atoms with Gasteiger partial charge in [0.05, 0.1) is 16.6 Å². The predicted molar refractivity (Wildman–Crippen MR) is 109 cm³/mol. The van der Waals surface area contributed by atoms with Gasteiger partial charge in [-0.1, -0.05) is 6.07 Å². The summed E-state index contributed by atoms with van der Waals surface area (Å²) >= 11 is 0. The Hall–Kier alpha value is -2.06. The molecular weight excluding hydrogens is 396 g/mol. The summed E-state index contributed by atoms with van der Waals surface area (Å²) in [5.41, 5.74) is 1.55. The maximum atomic E-state index is 13.4. The Morgan fingerprint density at radius 1 is 1.10 bits per heavy atom. The smallest absolute Gasteiger partial charge is 0.200 e. The van der Waals surface area contributed by atoms with E-state index in [-0.39, 0.29) is 11.1 Å². The van der Waals surface area contributed by atoms with E-state index < -0.39 is 26.2 Å². The van der Waals surface area contributed by atoms with Crippen molar-refractivity contribution in [1.82, 2.24) is 9.88 Å². The third-order valence-electron chi connectivity index (χ3n) is 5.17. The molecule has 1 aliphatic heterocycles. The second-order valence-corrected chi connectivity index (χ2v) is 11.1. The minimum Gasteiger partial charge on any atom is -0.381 e. The molecule has 0 saturated carbocycles. The lowest BCUT2D eigenvalue weighted by Crippen LogP contribution is -2.38. The van der Waals surface area contributed by atoms with Crippen LogP contribution in [0.1, 0.15) is 39.2 Å². The quantitative estimate of drug-likeness (QED) is 0.787. The molecule has 0 amide bonds. The topological polar surface area (TPSA) is 62.3 Å². The highest BCUT2D eigenvalue weighted by Gasteiger charge is 2.32. The SMILES string of the molecule is CC(C)(C)S(=O)(=O)c1ccc(NC2CCN(Cc3ccc(F)c(F)c3)CC2)cn1. The van der Waals surface area contributed by atoms with Crippen LogP contribution in [0.3, 0.4) is 0 Å². The number of anilines is 1. The standard InChI is InChI=1S/C21H27F2N3O2S/c1-21(2,3)29(27,28)20-7-5-17(13-24-20)25-16-8-10-26(11-9-16)14-15-4-6-18(22)19(23)12-15/h4-7,12-13,16,25H,8-11,14H2,1-3H3. The van der Waals surface area contributed by atoms with Crippen LogP contribution in [0, 0.1) is 11.6 Å². The van der Waals surface area contributed by atoms with Crippen molar-refractivity contribution in [3.05, 3.63) is 53.7 Å². The Labute approximate surface area is 171 Å². The Morgan fingerprint density at radius 2 is 1.79 bits per heavy atom. The molecule has 8 heteroatoms. The number of hydrogen-bond donors (Lipinski definition) is 1. The van der Waals surface area contributed by atoms with E-state index >= 15 is 0 Å². The minimum absolute atomic E-state index is 0.0805. The number of sulfone groups is 1. The van der Waals surface area contributed by atoms with Gasteiger partial charge < -0.3 is 5.32 Å². The summed E-state index contributed by atoms with van der Waals surface area (Å²) in [4.78, 5) is 6.35. The summed E-state index contributed by atoms with van der Waals surface area (Å²) < 4.78 is 50.4. The molecule has 0 radical (unpaired) electrons. The number of halogens is 2. The molecule has 1 aromatic heterocycles. The van der Waals surface area contributed by atoms with Crippen LogP contribution in [0.25, 0.3) is 0 Å². The molecular formula is C21H27F2N3O2S. The van der Waals surface area contributed by atoms with E-state index in [1.165, 1.54) is 6.07 Å². The fourth-order valence-corrected chi connectivity index (χ4v) is 4.37. The zero-order valence-corrected chi connectivity index (χ0v) is 17.8. The number of aromatic nitrogens is 1. The highest BCUT2D eigenvalue weighted by Crippen LogP contribution is 2.25. The maximum Gasteiger partial charge on any atom is 0.200 e. The summed E-state index contributed by atoms with van der Waals surface area (Å²) in [6.07, 6.45) is 3.35. The Kier molecular flexibility index (Phi) is 6.24. The molecule has 5 nitrogen and oxygen atoms in total. The fraction of sp³-hybridized carbons (Fsp3) is 0.476. The average molecular weight is 424 g/mol. The highest BCUT2D eigenvalue weighted by atomic mass is 32.2. The first kappa shape index (κ1) is 21.6. The van der Waals surface area contributed by atoms with E-state index in [1.807, 2.05) is 0 Å². The van der Waals surface area contributed by atoms with E-state index in [4.69, 9.17) is 0 Å². The number of likely N-dealkylation sites (tertiary alicyclic amines) is 1. The van der Waals surface area contributed by atoms with Crippen LogP contribution in [0.4, 0.5) is 14.5 Å². The number of pyridine rings is 1. The van der Waals surface area contributed by atoms with Gasteiger partial charge >= 0.3 is 0 Å². The number of nitrogens with one attached hydrogen (secondary N) is 1. The highest BCUT2D eigenvalue weighted by molar-refractivity contribution is 7.92. The normalized spacial score (nSPS) is 16.7. The lowest BCUT2D eigenvalue weighted by Gasteiger charge is -2.32. The van der Waals surface area contributed by atoms with Crippen LogP contribution in [0.5, 0.6) is 0 Å². The number of hydrogen-bond acceptors (Lipinski definition) is 5. The molecule has 0 atom stereocenters. The van der Waals surface area contributed by atoms with Gasteiger partial charge in [0.1, 0.15) is 0 Å². The lowest BCUT2D eigenvalue weighted by atomic mass is 10.0. The van der Waals surface area contributed by atoms with Crippen molar-refractivity contribution in [3.63, 3.8) is 0 Å². The first-order chi connectivity index (χ1) is 13.6. The van der Waals surface area contributed by atoms with Crippen LogP contribution in [-0.4, -0.2) is 42.2 Å². The first-order valence-electron chi connectivity index (χ1n) is 9.70. The van der Waals surface area contributed by atoms with E-state index in [0.717, 1.165) is 43.2 Å². The second kappa shape index (κ2) is 8.36. The third-order valence-corrected chi connectivity index (χ3v) is 7.57. The molecule has 1 aliphatic rings. The largest absolute Gasteiger partial charge is 0.381 e. The third kappa shape index (κ3) is 5.11. The van der Waals surface area contributed by atoms with Crippen LogP contribution in [0.2, 0.25) is 0 Å². The fourth-order valence-electron chi connectivity index (χ4n) is 3.31. The van der Waals surface area contributed by atoms with Gasteiger partial charge in [0.2, 0.25) is 0 Å². The van der Waals surface area contributed by atoms with Crippen LogP contribution < -0.4 is 5.32 Å². The number of piperidine rings is 1. The van der Waals surface area contributed by atoms with Gasteiger partial charge in [-0.25, -0.2) is 22.2 Å². The summed E-state index contributed by atoms with van der Waals surface area (Å²) in [7, 11) is -3.46. The lowest BCUT2D eigenvalue weighted by molar-refractivity contribution is 0.211. The molecule has 0 bridgehead atoms. The van der Waals surface area contributed by atoms with E-state index in [0.29, 0.717) is 6.54 Å². The van der Waals surface area contributed by atoms with Gasteiger partial charge in [-0.05, 0) is 63.4 Å². The predicted octanol–water partition coefficient (Wildman–Crippen LogP) is 4.01. The molecule has 1 saturated heterocycles. The summed E-state index contributed by atoms with van der Waals surface area (Å²) in [5.74, 6) is -1.64. The van der Waals surface area contributed by atoms with Crippen LogP contribution >= 0.6 is 0 Å². The molecule has 2 aromatic rings. The number of rotatable bonds is 5. The Balaban J connectivity index is 1.53. The number of benzene rings is 1. The zero-order chi connectivity index (χ0) is 21.2. The van der Waals surface area contributed by atoms with Crippen molar-refractivity contribution >= 4 is 15.5 Å². The first-order valence-corrected chi connectivity index (χ1v) is 11.2. The molecule has 29 heavy (non-hydrogen) atoms. The zero-order valence-electron chi connectivity index (χ0n) is 17.0. The van der Waals surface area contributed by atoms with Crippen molar-refractivity contribution in [1.29, 1.82) is 0 Å². The van der Waals surface area contributed by atoms with Gasteiger partial charge in [-0.2, -0.15) is 0 Å². The van der Waals surface area contributed by atoms with Crippen molar-refractivity contribution in [2.24, 2.45) is 0 Å². The van der Waals surface area contributed by atoms with Crippen LogP contribution in [0.15, 0.2) is 41.6 Å². The Bertz CT molecular complexity index is 949. The van der Waals surface area contributed by atoms with E-state index in [9.17, 15) is 17.2 Å². The molecule has 0 spiro atoms. The monoisotopic (exact) mass is 423 g/mol. The van der Waals surface area contributed by atoms with E-state index in [2.05, 4.69) is 15.2 Å². The number of nitrogens with zero attached hydrogens (tertiary/aromatic N) is 2. The second-order valence-electron chi connectivity index (χ2n) is 8.44. The van der Waals surface area contributed by atoms with Crippen molar-refractivity contribution in [2.75, 3.05) is 18.4 Å². The summed E-state index contributed by atoms with van der Waals surface area (Å²) in [6.45, 7) is 7.23.